The fourth-order valence-corrected chi connectivity index (χ4v) is 5.43. The molecule has 6 rings (SSSR count). The smallest absolute Gasteiger partial charge is 0.256 e. The van der Waals surface area contributed by atoms with Crippen LogP contribution < -0.4 is 20.3 Å². The Morgan fingerprint density at radius 1 is 1.10 bits per heavy atom. The molecule has 3 N–H and O–H groups in total. The van der Waals surface area contributed by atoms with Crippen molar-refractivity contribution in [1.29, 1.82) is 0 Å². The lowest BCUT2D eigenvalue weighted by Gasteiger charge is -2.27. The van der Waals surface area contributed by atoms with Crippen LogP contribution >= 0.6 is 0 Å². The molecule has 3 heterocycles. The number of hydrogen-bond donors (Lipinski definition) is 3. The zero-order chi connectivity index (χ0) is 28.3. The van der Waals surface area contributed by atoms with E-state index in [0.29, 0.717) is 39.4 Å². The normalized spacial score (nSPS) is 16.7. The zero-order valence-corrected chi connectivity index (χ0v) is 22.7. The van der Waals surface area contributed by atoms with Crippen LogP contribution in [-0.2, 0) is 10.0 Å². The number of rotatable bonds is 6. The molecule has 2 aromatic carbocycles. The van der Waals surface area contributed by atoms with Crippen LogP contribution in [-0.4, -0.2) is 51.7 Å². The van der Waals surface area contributed by atoms with Crippen molar-refractivity contribution in [3.8, 4) is 22.5 Å². The third kappa shape index (κ3) is 4.43. The van der Waals surface area contributed by atoms with Crippen molar-refractivity contribution in [2.24, 2.45) is 5.92 Å². The van der Waals surface area contributed by atoms with E-state index in [1.807, 2.05) is 0 Å². The third-order valence-electron chi connectivity index (χ3n) is 7.32. The molecule has 0 saturated heterocycles. The standard InChI is InChI=1S/C28H26FN5O5S/c1-30-28(36)23-19-11-18(16-10-20-26(31-13-16)32-25(15-4-5-15)33-27(20)35)21(34(2)40(3,37)38)12-22(19)39-24(23)14-6-8-17(29)9-7-14/h6-13,15,25H,4-5H2,1-3H3,(H,30,36)(H,31,32)(H,33,35). The second kappa shape index (κ2) is 9.33. The van der Waals surface area contributed by atoms with Gasteiger partial charge in [-0.2, -0.15) is 0 Å². The van der Waals surface area contributed by atoms with Crippen molar-refractivity contribution in [3.05, 3.63) is 65.6 Å². The minimum absolute atomic E-state index is 0.174. The molecule has 1 fully saturated rings. The van der Waals surface area contributed by atoms with Gasteiger partial charge in [0.15, 0.2) is 0 Å². The second-order valence-corrected chi connectivity index (χ2v) is 12.1. The van der Waals surface area contributed by atoms with Gasteiger partial charge in [0.1, 0.15) is 29.1 Å². The number of nitrogens with zero attached hydrogens (tertiary/aromatic N) is 2. The highest BCUT2D eigenvalue weighted by molar-refractivity contribution is 7.92. The van der Waals surface area contributed by atoms with Crippen molar-refractivity contribution < 1.29 is 26.8 Å². The molecule has 40 heavy (non-hydrogen) atoms. The van der Waals surface area contributed by atoms with E-state index >= 15 is 0 Å². The number of carbonyl (C=O) groups excluding carboxylic acids is 2. The lowest BCUT2D eigenvalue weighted by atomic mass is 9.98. The maximum Gasteiger partial charge on any atom is 0.256 e. The van der Waals surface area contributed by atoms with Crippen LogP contribution in [0.25, 0.3) is 33.4 Å². The Balaban J connectivity index is 1.57. The van der Waals surface area contributed by atoms with E-state index in [9.17, 15) is 22.4 Å². The lowest BCUT2D eigenvalue weighted by Crippen LogP contribution is -2.46. The maximum atomic E-state index is 13.6. The Morgan fingerprint density at radius 2 is 1.82 bits per heavy atom. The third-order valence-corrected chi connectivity index (χ3v) is 8.51. The summed E-state index contributed by atoms with van der Waals surface area (Å²) in [6.07, 6.45) is 4.53. The van der Waals surface area contributed by atoms with Gasteiger partial charge in [0.2, 0.25) is 10.0 Å². The highest BCUT2D eigenvalue weighted by Crippen LogP contribution is 2.42. The van der Waals surface area contributed by atoms with Gasteiger partial charge in [-0.1, -0.05) is 0 Å². The minimum Gasteiger partial charge on any atom is -0.455 e. The molecule has 1 atom stereocenters. The van der Waals surface area contributed by atoms with Gasteiger partial charge in [0.05, 0.1) is 23.1 Å². The summed E-state index contributed by atoms with van der Waals surface area (Å²) in [6.45, 7) is 0. The highest BCUT2D eigenvalue weighted by Gasteiger charge is 2.37. The molecule has 206 valence electrons. The van der Waals surface area contributed by atoms with Crippen molar-refractivity contribution in [2.45, 2.75) is 19.0 Å². The zero-order valence-electron chi connectivity index (χ0n) is 21.9. The molecule has 0 bridgehead atoms. The summed E-state index contributed by atoms with van der Waals surface area (Å²) in [5.41, 5.74) is 2.41. The Kier molecular flexibility index (Phi) is 6.02. The van der Waals surface area contributed by atoms with Crippen molar-refractivity contribution in [3.63, 3.8) is 0 Å². The van der Waals surface area contributed by atoms with Gasteiger partial charge in [-0.05, 0) is 55.2 Å². The number of furan rings is 1. The monoisotopic (exact) mass is 563 g/mol. The van der Waals surface area contributed by atoms with Crippen LogP contribution in [0.5, 0.6) is 0 Å². The molecule has 12 heteroatoms. The van der Waals surface area contributed by atoms with Crippen LogP contribution in [0.2, 0.25) is 0 Å². The predicted molar refractivity (Wildman–Crippen MR) is 149 cm³/mol. The van der Waals surface area contributed by atoms with Gasteiger partial charge in [-0.25, -0.2) is 17.8 Å². The van der Waals surface area contributed by atoms with E-state index in [2.05, 4.69) is 20.9 Å². The summed E-state index contributed by atoms with van der Waals surface area (Å²) in [5.74, 6) is -0.120. The highest BCUT2D eigenvalue weighted by atomic mass is 32.2. The number of fused-ring (bicyclic) bond motifs is 2. The second-order valence-electron chi connectivity index (χ2n) is 10.0. The van der Waals surface area contributed by atoms with E-state index in [-0.39, 0.29) is 34.7 Å². The molecule has 1 aliphatic carbocycles. The van der Waals surface area contributed by atoms with Crippen LogP contribution in [0.3, 0.4) is 0 Å². The lowest BCUT2D eigenvalue weighted by molar-refractivity contribution is 0.0929. The molecule has 4 aromatic rings. The fraction of sp³-hybridized carbons (Fsp3) is 0.250. The number of benzene rings is 2. The van der Waals surface area contributed by atoms with Crippen LogP contribution in [0.4, 0.5) is 15.9 Å². The van der Waals surface area contributed by atoms with Crippen molar-refractivity contribution in [2.75, 3.05) is 30.0 Å². The van der Waals surface area contributed by atoms with Gasteiger partial charge in [0.25, 0.3) is 11.8 Å². The Hall–Kier alpha value is -4.45. The largest absolute Gasteiger partial charge is 0.455 e. The van der Waals surface area contributed by atoms with Gasteiger partial charge < -0.3 is 20.4 Å². The number of carbonyl (C=O) groups is 2. The number of nitrogens with one attached hydrogen (secondary N) is 3. The number of sulfonamides is 1. The number of halogens is 1. The average Bonchev–Trinajstić information content (AvgIpc) is 3.72. The first kappa shape index (κ1) is 25.8. The number of amides is 2. The molecule has 1 unspecified atom stereocenters. The summed E-state index contributed by atoms with van der Waals surface area (Å²) in [5, 5.41) is 9.27. The van der Waals surface area contributed by atoms with Gasteiger partial charge >= 0.3 is 0 Å². The first-order valence-electron chi connectivity index (χ1n) is 12.7. The van der Waals surface area contributed by atoms with Crippen LogP contribution in [0.1, 0.15) is 33.6 Å². The molecule has 10 nitrogen and oxygen atoms in total. The number of aromatic nitrogens is 1. The van der Waals surface area contributed by atoms with E-state index in [0.717, 1.165) is 23.4 Å². The Morgan fingerprint density at radius 3 is 2.48 bits per heavy atom. The van der Waals surface area contributed by atoms with E-state index in [1.165, 1.54) is 44.4 Å². The first-order valence-corrected chi connectivity index (χ1v) is 14.5. The summed E-state index contributed by atoms with van der Waals surface area (Å²) >= 11 is 0. The number of anilines is 2. The Bertz CT molecular complexity index is 1800. The van der Waals surface area contributed by atoms with Gasteiger partial charge in [-0.15, -0.1) is 0 Å². The summed E-state index contributed by atoms with van der Waals surface area (Å²) in [6, 6.07) is 10.3. The predicted octanol–water partition coefficient (Wildman–Crippen LogP) is 3.95. The quantitative estimate of drug-likeness (QED) is 0.324. The molecule has 2 aromatic heterocycles. The van der Waals surface area contributed by atoms with Gasteiger partial charge in [-0.3, -0.25) is 13.9 Å². The molecule has 1 saturated carbocycles. The fourth-order valence-electron chi connectivity index (χ4n) is 4.93. The van der Waals surface area contributed by atoms with E-state index in [1.54, 1.807) is 18.3 Å². The first-order chi connectivity index (χ1) is 19.0. The summed E-state index contributed by atoms with van der Waals surface area (Å²) in [4.78, 5) is 30.6. The van der Waals surface area contributed by atoms with Crippen molar-refractivity contribution >= 4 is 44.3 Å². The molecule has 2 amide bonds. The van der Waals surface area contributed by atoms with Crippen molar-refractivity contribution in [1.82, 2.24) is 15.6 Å². The molecular formula is C28H26FN5O5S. The molecular weight excluding hydrogens is 537 g/mol. The van der Waals surface area contributed by atoms with Crippen LogP contribution in [0.15, 0.2) is 53.1 Å². The van der Waals surface area contributed by atoms with Gasteiger partial charge in [0, 0.05) is 48.4 Å². The van der Waals surface area contributed by atoms with E-state index < -0.39 is 21.7 Å². The topological polar surface area (TPSA) is 134 Å². The average molecular weight is 564 g/mol. The summed E-state index contributed by atoms with van der Waals surface area (Å²) < 4.78 is 46.1. The SMILES string of the molecule is CNC(=O)c1c(-c2ccc(F)cc2)oc2cc(N(C)S(C)(=O)=O)c(-c3cnc4c(c3)C(=O)NC(C3CC3)N4)cc12. The Labute approximate surface area is 229 Å². The van der Waals surface area contributed by atoms with E-state index in [4.69, 9.17) is 4.42 Å². The minimum atomic E-state index is -3.72. The molecule has 1 aliphatic heterocycles. The van der Waals surface area contributed by atoms with Crippen LogP contribution in [0, 0.1) is 11.7 Å². The molecule has 0 spiro atoms. The number of hydrogen-bond acceptors (Lipinski definition) is 7. The number of pyridine rings is 1. The maximum absolute atomic E-state index is 13.6. The summed E-state index contributed by atoms with van der Waals surface area (Å²) in [7, 11) is -0.827. The molecule has 0 radical (unpaired) electrons. The molecule has 2 aliphatic rings.